The average molecular weight is 653 g/mol. The highest BCUT2D eigenvalue weighted by Gasteiger charge is 2.54. The van der Waals surface area contributed by atoms with Crippen molar-refractivity contribution in [1.29, 1.82) is 0 Å². The summed E-state index contributed by atoms with van der Waals surface area (Å²) >= 11 is 6.95. The molecule has 4 heterocycles. The zero-order valence-corrected chi connectivity index (χ0v) is 27.0. The third-order valence-electron chi connectivity index (χ3n) is 7.40. The fraction of sp³-hybridized carbons (Fsp3) is 0.926. The summed E-state index contributed by atoms with van der Waals surface area (Å²) in [6.45, 7) is 22.3. The largest absolute Gasteiger partial charge is 0.444 e. The van der Waals surface area contributed by atoms with Gasteiger partial charge in [-0.1, -0.05) is 38.8 Å². The van der Waals surface area contributed by atoms with E-state index in [1.54, 1.807) is 4.90 Å². The summed E-state index contributed by atoms with van der Waals surface area (Å²) in [5, 5.41) is 1.81. The minimum atomic E-state index is -0.405. The van der Waals surface area contributed by atoms with Crippen LogP contribution in [0.15, 0.2) is 0 Å². The Morgan fingerprint density at radius 1 is 0.784 bits per heavy atom. The van der Waals surface area contributed by atoms with Gasteiger partial charge in [0, 0.05) is 80.5 Å². The van der Waals surface area contributed by atoms with Crippen LogP contribution < -0.4 is 0 Å². The lowest BCUT2D eigenvalue weighted by molar-refractivity contribution is -0.127. The van der Waals surface area contributed by atoms with Crippen molar-refractivity contribution in [2.45, 2.75) is 72.5 Å². The van der Waals surface area contributed by atoms with E-state index in [2.05, 4.69) is 43.7 Å². The van der Waals surface area contributed by atoms with Crippen LogP contribution in [0.3, 0.4) is 0 Å². The van der Waals surface area contributed by atoms with Crippen LogP contribution in [0, 0.1) is 16.2 Å². The van der Waals surface area contributed by atoms with E-state index in [1.807, 2.05) is 46.4 Å². The van der Waals surface area contributed by atoms with Gasteiger partial charge >= 0.3 is 12.2 Å². The molecule has 10 heteroatoms. The Kier molecular flexibility index (Phi) is 9.62. The quantitative estimate of drug-likeness (QED) is 0.381. The lowest BCUT2D eigenvalue weighted by Crippen LogP contribution is -2.73. The molecule has 4 rings (SSSR count). The number of halogens is 2. The maximum absolute atomic E-state index is 12.0. The van der Waals surface area contributed by atoms with Crippen molar-refractivity contribution in [3.05, 3.63) is 0 Å². The normalized spacial score (nSPS) is 24.1. The Balaban J connectivity index is 0.000000222. The average Bonchev–Trinajstić information content (AvgIpc) is 2.67. The first-order valence-corrected chi connectivity index (χ1v) is 15.6. The van der Waals surface area contributed by atoms with Crippen LogP contribution in [-0.4, -0.2) is 108 Å². The summed E-state index contributed by atoms with van der Waals surface area (Å²) in [6, 6.07) is 0. The van der Waals surface area contributed by atoms with Crippen molar-refractivity contribution >= 4 is 44.0 Å². The SMILES string of the molecule is CC(C)(C)OC(=O)N1CC(CBr)(CBr)C1.CC1(CN2CC3(C2)CN(C(=O)OC(C)(C)C)C3)CCOCC1. The predicted octanol–water partition coefficient (Wildman–Crippen LogP) is 5.37. The third-order valence-corrected chi connectivity index (χ3v) is 9.78. The van der Waals surface area contributed by atoms with Crippen LogP contribution in [0.4, 0.5) is 9.59 Å². The Morgan fingerprint density at radius 2 is 1.22 bits per heavy atom. The van der Waals surface area contributed by atoms with E-state index in [0.717, 1.165) is 63.1 Å². The van der Waals surface area contributed by atoms with Crippen LogP contribution in [0.5, 0.6) is 0 Å². The minimum absolute atomic E-state index is 0.159. The zero-order valence-electron chi connectivity index (χ0n) is 23.8. The van der Waals surface area contributed by atoms with E-state index in [0.29, 0.717) is 10.8 Å². The lowest BCUT2D eigenvalue weighted by Gasteiger charge is -2.61. The Morgan fingerprint density at radius 3 is 1.62 bits per heavy atom. The number of alkyl halides is 2. The molecule has 4 aliphatic heterocycles. The number of nitrogens with zero attached hydrogens (tertiary/aromatic N) is 3. The van der Waals surface area contributed by atoms with E-state index in [4.69, 9.17) is 14.2 Å². The van der Waals surface area contributed by atoms with Crippen LogP contribution in [0.1, 0.15) is 61.3 Å². The Labute approximate surface area is 240 Å². The molecule has 4 fully saturated rings. The molecule has 2 amide bonds. The maximum Gasteiger partial charge on any atom is 0.410 e. The molecular weight excluding hydrogens is 606 g/mol. The molecule has 8 nitrogen and oxygen atoms in total. The van der Waals surface area contributed by atoms with Gasteiger partial charge in [-0.25, -0.2) is 9.59 Å². The van der Waals surface area contributed by atoms with Crippen LogP contribution in [0.25, 0.3) is 0 Å². The second kappa shape index (κ2) is 11.5. The molecule has 4 aliphatic rings. The number of rotatable bonds is 4. The number of hydrogen-bond acceptors (Lipinski definition) is 6. The molecule has 0 aromatic carbocycles. The van der Waals surface area contributed by atoms with Gasteiger partial charge in [0.05, 0.1) is 0 Å². The topological polar surface area (TPSA) is 71.6 Å². The summed E-state index contributed by atoms with van der Waals surface area (Å²) in [6.07, 6.45) is 1.97. The number of carbonyl (C=O) groups is 2. The van der Waals surface area contributed by atoms with Crippen molar-refractivity contribution in [2.75, 3.05) is 69.7 Å². The number of amides is 2. The molecule has 0 aliphatic carbocycles. The second-order valence-corrected chi connectivity index (χ2v) is 15.1. The summed E-state index contributed by atoms with van der Waals surface area (Å²) < 4.78 is 16.2. The Bertz CT molecular complexity index is 794. The van der Waals surface area contributed by atoms with Crippen LogP contribution in [-0.2, 0) is 14.2 Å². The molecule has 0 unspecified atom stereocenters. The van der Waals surface area contributed by atoms with E-state index in [1.165, 1.54) is 19.4 Å². The smallest absolute Gasteiger partial charge is 0.410 e. The summed E-state index contributed by atoms with van der Waals surface area (Å²) in [5.74, 6) is 0. The first kappa shape index (κ1) is 31.0. The molecule has 0 aromatic heterocycles. The molecule has 1 spiro atoms. The molecule has 0 atom stereocenters. The van der Waals surface area contributed by atoms with Gasteiger partial charge in [-0.3, -0.25) is 0 Å². The highest BCUT2D eigenvalue weighted by molar-refractivity contribution is 9.09. The van der Waals surface area contributed by atoms with Crippen molar-refractivity contribution < 1.29 is 23.8 Å². The fourth-order valence-corrected chi connectivity index (χ4v) is 7.06. The van der Waals surface area contributed by atoms with Crippen molar-refractivity contribution in [3.8, 4) is 0 Å². The Hall–Kier alpha value is -0.580. The van der Waals surface area contributed by atoms with Crippen molar-refractivity contribution in [3.63, 3.8) is 0 Å². The van der Waals surface area contributed by atoms with Gasteiger partial charge in [-0.2, -0.15) is 0 Å². The lowest BCUT2D eigenvalue weighted by atomic mass is 9.71. The number of likely N-dealkylation sites (tertiary alicyclic amines) is 3. The van der Waals surface area contributed by atoms with Gasteiger partial charge in [-0.05, 0) is 59.8 Å². The van der Waals surface area contributed by atoms with E-state index < -0.39 is 11.2 Å². The third kappa shape index (κ3) is 8.45. The fourth-order valence-electron chi connectivity index (χ4n) is 5.42. The highest BCUT2D eigenvalue weighted by atomic mass is 79.9. The van der Waals surface area contributed by atoms with Gasteiger partial charge in [-0.15, -0.1) is 0 Å². The molecule has 0 radical (unpaired) electrons. The van der Waals surface area contributed by atoms with Gasteiger partial charge in [0.25, 0.3) is 0 Å². The van der Waals surface area contributed by atoms with Crippen LogP contribution in [0.2, 0.25) is 0 Å². The molecule has 0 N–H and O–H groups in total. The molecule has 4 saturated heterocycles. The van der Waals surface area contributed by atoms with Crippen LogP contribution >= 0.6 is 31.9 Å². The standard InChI is InChI=1S/C17H30N2O3.C10H17Br2NO2/c1-15(2,3)22-14(20)19-12-17(13-19)10-18(11-17)9-16(4)5-7-21-8-6-16;1-9(2,3)15-8(14)13-6-10(4-11,5-12)7-13/h5-13H2,1-4H3;4-7H2,1-3H3. The van der Waals surface area contributed by atoms with Crippen molar-refractivity contribution in [2.24, 2.45) is 16.2 Å². The number of carbonyl (C=O) groups excluding carboxylic acids is 2. The van der Waals surface area contributed by atoms with Gasteiger partial charge in [0.2, 0.25) is 0 Å². The molecule has 37 heavy (non-hydrogen) atoms. The first-order chi connectivity index (χ1) is 17.0. The molecule has 0 bridgehead atoms. The monoisotopic (exact) mass is 651 g/mol. The second-order valence-electron chi connectivity index (χ2n) is 14.0. The van der Waals surface area contributed by atoms with E-state index in [9.17, 15) is 9.59 Å². The first-order valence-electron chi connectivity index (χ1n) is 13.4. The summed E-state index contributed by atoms with van der Waals surface area (Å²) in [5.41, 5.74) is 0.144. The summed E-state index contributed by atoms with van der Waals surface area (Å²) in [7, 11) is 0. The molecule has 0 aromatic rings. The maximum atomic E-state index is 12.0. The predicted molar refractivity (Wildman–Crippen MR) is 153 cm³/mol. The highest BCUT2D eigenvalue weighted by Crippen LogP contribution is 2.43. The minimum Gasteiger partial charge on any atom is -0.444 e. The van der Waals surface area contributed by atoms with Gasteiger partial charge in [0.15, 0.2) is 0 Å². The molecule has 0 saturated carbocycles. The summed E-state index contributed by atoms with van der Waals surface area (Å²) in [4.78, 5) is 29.8. The molecule has 214 valence electrons. The number of hydrogen-bond donors (Lipinski definition) is 0. The number of ether oxygens (including phenoxy) is 3. The van der Waals surface area contributed by atoms with Gasteiger partial charge in [0.1, 0.15) is 11.2 Å². The zero-order chi connectivity index (χ0) is 27.7. The van der Waals surface area contributed by atoms with Crippen molar-refractivity contribution in [1.82, 2.24) is 14.7 Å². The van der Waals surface area contributed by atoms with E-state index in [-0.39, 0.29) is 17.6 Å². The molecular formula is C27H47Br2N3O5. The van der Waals surface area contributed by atoms with Gasteiger partial charge < -0.3 is 28.9 Å². The van der Waals surface area contributed by atoms with E-state index >= 15 is 0 Å².